The molecule has 1 spiro atoms. The van der Waals surface area contributed by atoms with Crippen molar-refractivity contribution in [1.82, 2.24) is 10.2 Å². The summed E-state index contributed by atoms with van der Waals surface area (Å²) in [5, 5.41) is 3.89. The van der Waals surface area contributed by atoms with Crippen molar-refractivity contribution in [3.8, 4) is 0 Å². The molecule has 3 aliphatic rings. The van der Waals surface area contributed by atoms with Crippen LogP contribution in [0.15, 0.2) is 0 Å². The number of nitrogens with zero attached hydrogens (tertiary/aromatic N) is 1. The molecule has 2 saturated carbocycles. The average molecular weight is 266 g/mol. The van der Waals surface area contributed by atoms with Gasteiger partial charge in [-0.15, -0.1) is 0 Å². The van der Waals surface area contributed by atoms with Gasteiger partial charge in [0.05, 0.1) is 6.10 Å². The fourth-order valence-electron chi connectivity index (χ4n) is 4.69. The smallest absolute Gasteiger partial charge is 0.0661 e. The quantitative estimate of drug-likeness (QED) is 0.827. The Morgan fingerprint density at radius 2 is 2.05 bits per heavy atom. The van der Waals surface area contributed by atoms with E-state index in [-0.39, 0.29) is 0 Å². The normalized spacial score (nSPS) is 37.9. The highest BCUT2D eigenvalue weighted by molar-refractivity contribution is 5.10. The zero-order valence-corrected chi connectivity index (χ0v) is 12.7. The molecule has 0 aromatic heterocycles. The van der Waals surface area contributed by atoms with Crippen LogP contribution in [0.2, 0.25) is 0 Å². The number of ether oxygens (including phenoxy) is 1. The van der Waals surface area contributed by atoms with Crippen LogP contribution < -0.4 is 5.32 Å². The minimum absolute atomic E-state index is 0.493. The fourth-order valence-corrected chi connectivity index (χ4v) is 4.69. The van der Waals surface area contributed by atoms with E-state index >= 15 is 0 Å². The predicted molar refractivity (Wildman–Crippen MR) is 78.4 cm³/mol. The highest BCUT2D eigenvalue weighted by atomic mass is 16.5. The van der Waals surface area contributed by atoms with Crippen LogP contribution in [0.3, 0.4) is 0 Å². The first-order chi connectivity index (χ1) is 9.26. The van der Waals surface area contributed by atoms with Gasteiger partial charge in [-0.3, -0.25) is 0 Å². The zero-order valence-electron chi connectivity index (χ0n) is 12.7. The van der Waals surface area contributed by atoms with E-state index in [1.165, 1.54) is 58.0 Å². The molecule has 110 valence electrons. The number of likely N-dealkylation sites (tertiary alicyclic amines) is 1. The molecule has 0 aromatic rings. The molecule has 19 heavy (non-hydrogen) atoms. The van der Waals surface area contributed by atoms with Crippen LogP contribution in [0.1, 0.15) is 51.9 Å². The number of nitrogens with one attached hydrogen (secondary N) is 1. The number of likely N-dealkylation sites (N-methyl/N-ethyl adjacent to an activating group) is 1. The lowest BCUT2D eigenvalue weighted by Crippen LogP contribution is -2.63. The van der Waals surface area contributed by atoms with E-state index in [1.54, 1.807) is 0 Å². The fraction of sp³-hybridized carbons (Fsp3) is 1.00. The molecule has 3 atom stereocenters. The van der Waals surface area contributed by atoms with Gasteiger partial charge < -0.3 is 15.0 Å². The van der Waals surface area contributed by atoms with E-state index in [9.17, 15) is 0 Å². The second-order valence-electron chi connectivity index (χ2n) is 6.86. The van der Waals surface area contributed by atoms with Crippen molar-refractivity contribution in [3.05, 3.63) is 0 Å². The van der Waals surface area contributed by atoms with Crippen LogP contribution in [0.4, 0.5) is 0 Å². The summed E-state index contributed by atoms with van der Waals surface area (Å²) < 4.78 is 5.99. The molecule has 3 fully saturated rings. The first-order valence-corrected chi connectivity index (χ1v) is 8.31. The van der Waals surface area contributed by atoms with Gasteiger partial charge >= 0.3 is 0 Å². The minimum atomic E-state index is 0.493. The molecule has 3 heteroatoms. The lowest BCUT2D eigenvalue weighted by atomic mass is 9.60. The summed E-state index contributed by atoms with van der Waals surface area (Å²) in [4.78, 5) is 2.52. The van der Waals surface area contributed by atoms with Crippen LogP contribution in [-0.2, 0) is 4.74 Å². The summed E-state index contributed by atoms with van der Waals surface area (Å²) in [6.07, 6.45) is 10.1. The van der Waals surface area contributed by atoms with Crippen LogP contribution in [-0.4, -0.2) is 49.8 Å². The Morgan fingerprint density at radius 3 is 2.68 bits per heavy atom. The summed E-state index contributed by atoms with van der Waals surface area (Å²) in [6.45, 7) is 5.48. The van der Waals surface area contributed by atoms with E-state index in [4.69, 9.17) is 4.74 Å². The molecule has 0 bridgehead atoms. The maximum Gasteiger partial charge on any atom is 0.0661 e. The Labute approximate surface area is 118 Å². The summed E-state index contributed by atoms with van der Waals surface area (Å²) >= 11 is 0. The SMILES string of the molecule is CCOC1CC(NCC2CCCN2C)C12CCCC2. The molecule has 0 amide bonds. The van der Waals surface area contributed by atoms with Crippen molar-refractivity contribution in [2.45, 2.75) is 70.1 Å². The number of hydrogen-bond acceptors (Lipinski definition) is 3. The van der Waals surface area contributed by atoms with Crippen LogP contribution in [0.25, 0.3) is 0 Å². The molecule has 2 aliphatic carbocycles. The van der Waals surface area contributed by atoms with Gasteiger partial charge in [-0.1, -0.05) is 12.8 Å². The van der Waals surface area contributed by atoms with E-state index in [2.05, 4.69) is 24.2 Å². The third-order valence-corrected chi connectivity index (χ3v) is 5.96. The second-order valence-corrected chi connectivity index (χ2v) is 6.86. The van der Waals surface area contributed by atoms with Gasteiger partial charge in [0.15, 0.2) is 0 Å². The lowest BCUT2D eigenvalue weighted by molar-refractivity contribution is -0.130. The summed E-state index contributed by atoms with van der Waals surface area (Å²) in [6, 6.07) is 1.49. The average Bonchev–Trinajstić information content (AvgIpc) is 3.03. The molecule has 3 unspecified atom stereocenters. The highest BCUT2D eigenvalue weighted by Gasteiger charge is 2.56. The third-order valence-electron chi connectivity index (χ3n) is 5.96. The van der Waals surface area contributed by atoms with E-state index in [1.807, 2.05) is 0 Å². The molecule has 1 saturated heterocycles. The zero-order chi connectivity index (χ0) is 13.3. The Balaban J connectivity index is 1.53. The summed E-state index contributed by atoms with van der Waals surface area (Å²) in [7, 11) is 2.27. The molecule has 3 rings (SSSR count). The number of hydrogen-bond donors (Lipinski definition) is 1. The van der Waals surface area contributed by atoms with Gasteiger partial charge in [0, 0.05) is 30.7 Å². The molecular formula is C16H30N2O. The molecule has 0 aromatic carbocycles. The van der Waals surface area contributed by atoms with Gasteiger partial charge in [0.2, 0.25) is 0 Å². The first kappa shape index (κ1) is 13.8. The maximum atomic E-state index is 5.99. The molecule has 0 radical (unpaired) electrons. The Kier molecular flexibility index (Phi) is 4.16. The Morgan fingerprint density at radius 1 is 1.26 bits per heavy atom. The molecule has 1 heterocycles. The lowest BCUT2D eigenvalue weighted by Gasteiger charge is -2.54. The standard InChI is InChI=1S/C16H30N2O/c1-3-19-15-11-14(16(15)8-4-5-9-16)17-12-13-7-6-10-18(13)2/h13-15,17H,3-12H2,1-2H3. The van der Waals surface area contributed by atoms with Gasteiger partial charge in [0.1, 0.15) is 0 Å². The topological polar surface area (TPSA) is 24.5 Å². The van der Waals surface area contributed by atoms with Gasteiger partial charge in [-0.05, 0) is 52.6 Å². The first-order valence-electron chi connectivity index (χ1n) is 8.31. The molecular weight excluding hydrogens is 236 g/mol. The van der Waals surface area contributed by atoms with Crippen LogP contribution in [0.5, 0.6) is 0 Å². The second kappa shape index (κ2) is 5.71. The van der Waals surface area contributed by atoms with E-state index in [0.717, 1.165) is 18.7 Å². The van der Waals surface area contributed by atoms with E-state index < -0.39 is 0 Å². The van der Waals surface area contributed by atoms with Crippen molar-refractivity contribution in [2.24, 2.45) is 5.41 Å². The van der Waals surface area contributed by atoms with Crippen molar-refractivity contribution < 1.29 is 4.74 Å². The molecule has 1 aliphatic heterocycles. The van der Waals surface area contributed by atoms with Crippen molar-refractivity contribution >= 4 is 0 Å². The van der Waals surface area contributed by atoms with Crippen LogP contribution in [0, 0.1) is 5.41 Å². The summed E-state index contributed by atoms with van der Waals surface area (Å²) in [5.41, 5.74) is 0.493. The van der Waals surface area contributed by atoms with Crippen molar-refractivity contribution in [3.63, 3.8) is 0 Å². The molecule has 1 N–H and O–H groups in total. The third kappa shape index (κ3) is 2.45. The highest BCUT2D eigenvalue weighted by Crippen LogP contribution is 2.54. The van der Waals surface area contributed by atoms with Gasteiger partial charge in [-0.2, -0.15) is 0 Å². The van der Waals surface area contributed by atoms with Crippen LogP contribution >= 0.6 is 0 Å². The van der Waals surface area contributed by atoms with Crippen molar-refractivity contribution in [1.29, 1.82) is 0 Å². The maximum absolute atomic E-state index is 5.99. The largest absolute Gasteiger partial charge is 0.378 e. The van der Waals surface area contributed by atoms with Gasteiger partial charge in [0.25, 0.3) is 0 Å². The van der Waals surface area contributed by atoms with Crippen molar-refractivity contribution in [2.75, 3.05) is 26.7 Å². The Hall–Kier alpha value is -0.120. The van der Waals surface area contributed by atoms with Gasteiger partial charge in [-0.25, -0.2) is 0 Å². The monoisotopic (exact) mass is 266 g/mol. The predicted octanol–water partition coefficient (Wildman–Crippen LogP) is 2.41. The minimum Gasteiger partial charge on any atom is -0.378 e. The Bertz CT molecular complexity index is 301. The molecule has 3 nitrogen and oxygen atoms in total. The number of rotatable bonds is 5. The van der Waals surface area contributed by atoms with E-state index in [0.29, 0.717) is 11.5 Å². The summed E-state index contributed by atoms with van der Waals surface area (Å²) in [5.74, 6) is 0.